The maximum absolute atomic E-state index is 11.0. The second-order valence-electron chi connectivity index (χ2n) is 2.62. The van der Waals surface area contributed by atoms with E-state index >= 15 is 0 Å². The molecule has 1 aliphatic rings. The molecule has 0 unspecified atom stereocenters. The fourth-order valence-electron chi connectivity index (χ4n) is 1.05. The molecule has 0 aromatic heterocycles. The molecule has 1 rings (SSSR count). The number of amides is 1. The van der Waals surface area contributed by atoms with Gasteiger partial charge >= 0.3 is 5.97 Å². The van der Waals surface area contributed by atoms with Gasteiger partial charge in [0.05, 0.1) is 0 Å². The third-order valence-electron chi connectivity index (χ3n) is 1.70. The van der Waals surface area contributed by atoms with E-state index in [4.69, 9.17) is 0 Å². The molecule has 0 aliphatic carbocycles. The Balaban J connectivity index is 2.35. The van der Waals surface area contributed by atoms with E-state index in [9.17, 15) is 9.59 Å². The van der Waals surface area contributed by atoms with Gasteiger partial charge in [0.2, 0.25) is 5.91 Å². The van der Waals surface area contributed by atoms with Crippen LogP contribution < -0.4 is 0 Å². The molecule has 1 heterocycles. The van der Waals surface area contributed by atoms with Crippen LogP contribution in [0.25, 0.3) is 0 Å². The lowest BCUT2D eigenvalue weighted by Crippen LogP contribution is -2.17. The van der Waals surface area contributed by atoms with Crippen LogP contribution in [0.4, 0.5) is 0 Å². The number of carbonyl (C=O) groups is 2. The highest BCUT2D eigenvalue weighted by Crippen LogP contribution is 2.09. The normalized spacial score (nSPS) is 16.6. The van der Waals surface area contributed by atoms with Crippen LogP contribution in [0.15, 0.2) is 25.1 Å². The summed E-state index contributed by atoms with van der Waals surface area (Å²) < 4.78 is 4.57. The Morgan fingerprint density at radius 3 is 2.92 bits per heavy atom. The van der Waals surface area contributed by atoms with E-state index in [2.05, 4.69) is 11.3 Å². The van der Waals surface area contributed by atoms with Crippen molar-refractivity contribution in [1.82, 2.24) is 4.90 Å². The predicted octanol–water partition coefficient (Wildman–Crippen LogP) is 0.809. The molecule has 1 fully saturated rings. The molecule has 0 aromatic carbocycles. The van der Waals surface area contributed by atoms with E-state index in [1.54, 1.807) is 0 Å². The van der Waals surface area contributed by atoms with Crippen molar-refractivity contribution < 1.29 is 14.3 Å². The zero-order valence-corrected chi connectivity index (χ0v) is 7.23. The first-order chi connectivity index (χ1) is 6.24. The summed E-state index contributed by atoms with van der Waals surface area (Å²) in [7, 11) is 0. The summed E-state index contributed by atoms with van der Waals surface area (Å²) in [5.41, 5.74) is 0. The summed E-state index contributed by atoms with van der Waals surface area (Å²) in [6.07, 6.45) is 5.17. The molecule has 0 bridgehead atoms. The maximum Gasteiger partial charge on any atom is 0.335 e. The highest BCUT2D eigenvalue weighted by Gasteiger charge is 2.17. The summed E-state index contributed by atoms with van der Waals surface area (Å²) in [6.45, 7) is 3.93. The first kappa shape index (κ1) is 9.51. The van der Waals surface area contributed by atoms with Gasteiger partial charge in [-0.25, -0.2) is 4.79 Å². The SMILES string of the molecule is C=CC(=O)OC=CN1CCCC1=O. The molecule has 70 valence electrons. The monoisotopic (exact) mass is 181 g/mol. The van der Waals surface area contributed by atoms with E-state index in [1.165, 1.54) is 17.4 Å². The van der Waals surface area contributed by atoms with Crippen molar-refractivity contribution in [2.45, 2.75) is 12.8 Å². The topological polar surface area (TPSA) is 46.6 Å². The van der Waals surface area contributed by atoms with E-state index in [0.29, 0.717) is 13.0 Å². The Kier molecular flexibility index (Phi) is 3.25. The maximum atomic E-state index is 11.0. The number of rotatable bonds is 3. The molecule has 0 atom stereocenters. The molecule has 0 N–H and O–H groups in total. The molecule has 0 aromatic rings. The minimum Gasteiger partial charge on any atom is -0.430 e. The number of esters is 1. The van der Waals surface area contributed by atoms with Crippen molar-refractivity contribution in [1.29, 1.82) is 0 Å². The van der Waals surface area contributed by atoms with Crippen molar-refractivity contribution in [2.75, 3.05) is 6.54 Å². The standard InChI is InChI=1S/C9H11NO3/c1-2-9(12)13-7-6-10-5-3-4-8(10)11/h2,6-7H,1,3-5H2. The van der Waals surface area contributed by atoms with Crippen molar-refractivity contribution in [3.63, 3.8) is 0 Å². The minimum absolute atomic E-state index is 0.0610. The summed E-state index contributed by atoms with van der Waals surface area (Å²) in [4.78, 5) is 23.1. The van der Waals surface area contributed by atoms with Crippen molar-refractivity contribution >= 4 is 11.9 Å². The van der Waals surface area contributed by atoms with Crippen LogP contribution >= 0.6 is 0 Å². The van der Waals surface area contributed by atoms with E-state index in [-0.39, 0.29) is 5.91 Å². The number of carbonyl (C=O) groups excluding carboxylic acids is 2. The minimum atomic E-state index is -0.525. The van der Waals surface area contributed by atoms with Gasteiger partial charge < -0.3 is 9.64 Å². The predicted molar refractivity (Wildman–Crippen MR) is 46.4 cm³/mol. The molecular weight excluding hydrogens is 170 g/mol. The number of hydrogen-bond donors (Lipinski definition) is 0. The summed E-state index contributed by atoms with van der Waals surface area (Å²) in [6, 6.07) is 0. The van der Waals surface area contributed by atoms with Crippen LogP contribution in [-0.4, -0.2) is 23.3 Å². The first-order valence-corrected chi connectivity index (χ1v) is 4.03. The third-order valence-corrected chi connectivity index (χ3v) is 1.70. The second-order valence-corrected chi connectivity index (χ2v) is 2.62. The molecule has 1 saturated heterocycles. The zero-order valence-electron chi connectivity index (χ0n) is 7.23. The number of hydrogen-bond acceptors (Lipinski definition) is 3. The van der Waals surface area contributed by atoms with Gasteiger partial charge in [-0.1, -0.05) is 6.58 Å². The first-order valence-electron chi connectivity index (χ1n) is 4.03. The van der Waals surface area contributed by atoms with Gasteiger partial charge in [0.1, 0.15) is 6.26 Å². The molecule has 13 heavy (non-hydrogen) atoms. The van der Waals surface area contributed by atoms with Crippen molar-refractivity contribution in [3.05, 3.63) is 25.1 Å². The summed E-state index contributed by atoms with van der Waals surface area (Å²) in [5, 5.41) is 0. The van der Waals surface area contributed by atoms with Crippen LogP contribution in [0.2, 0.25) is 0 Å². The van der Waals surface area contributed by atoms with Crippen LogP contribution in [0.3, 0.4) is 0 Å². The molecule has 1 aliphatic heterocycles. The molecule has 0 spiro atoms. The average molecular weight is 181 g/mol. The number of likely N-dealkylation sites (tertiary alicyclic amines) is 1. The van der Waals surface area contributed by atoms with E-state index < -0.39 is 5.97 Å². The number of nitrogens with zero attached hydrogens (tertiary/aromatic N) is 1. The Bertz CT molecular complexity index is 258. The quantitative estimate of drug-likeness (QED) is 0.367. The van der Waals surface area contributed by atoms with Crippen LogP contribution in [-0.2, 0) is 14.3 Å². The Labute approximate surface area is 76.5 Å². The van der Waals surface area contributed by atoms with Gasteiger partial charge in [-0.3, -0.25) is 4.79 Å². The van der Waals surface area contributed by atoms with Gasteiger partial charge in [-0.2, -0.15) is 0 Å². The summed E-state index contributed by atoms with van der Waals surface area (Å²) >= 11 is 0. The van der Waals surface area contributed by atoms with Crippen LogP contribution in [0, 0.1) is 0 Å². The fourth-order valence-corrected chi connectivity index (χ4v) is 1.05. The lowest BCUT2D eigenvalue weighted by Gasteiger charge is -2.07. The number of ether oxygens (including phenoxy) is 1. The third kappa shape index (κ3) is 2.74. The molecule has 4 nitrogen and oxygen atoms in total. The van der Waals surface area contributed by atoms with Gasteiger partial charge in [-0.15, -0.1) is 0 Å². The van der Waals surface area contributed by atoms with Crippen LogP contribution in [0.5, 0.6) is 0 Å². The van der Waals surface area contributed by atoms with Gasteiger partial charge in [-0.05, 0) is 6.42 Å². The second kappa shape index (κ2) is 4.45. The van der Waals surface area contributed by atoms with Gasteiger partial charge in [0, 0.05) is 25.2 Å². The smallest absolute Gasteiger partial charge is 0.335 e. The van der Waals surface area contributed by atoms with Crippen molar-refractivity contribution in [3.8, 4) is 0 Å². The van der Waals surface area contributed by atoms with Crippen LogP contribution in [0.1, 0.15) is 12.8 Å². The molecular formula is C9H11NO3. The Morgan fingerprint density at radius 2 is 2.38 bits per heavy atom. The summed E-state index contributed by atoms with van der Waals surface area (Å²) in [5.74, 6) is -0.464. The van der Waals surface area contributed by atoms with E-state index in [1.807, 2.05) is 0 Å². The Morgan fingerprint density at radius 1 is 1.62 bits per heavy atom. The fraction of sp³-hybridized carbons (Fsp3) is 0.333. The molecule has 4 heteroatoms. The van der Waals surface area contributed by atoms with Crippen molar-refractivity contribution in [2.24, 2.45) is 0 Å². The lowest BCUT2D eigenvalue weighted by molar-refractivity contribution is -0.133. The Hall–Kier alpha value is -1.58. The average Bonchev–Trinajstić information content (AvgIpc) is 2.52. The highest BCUT2D eigenvalue weighted by molar-refractivity contribution is 5.82. The van der Waals surface area contributed by atoms with Gasteiger partial charge in [0.15, 0.2) is 0 Å². The largest absolute Gasteiger partial charge is 0.430 e. The molecule has 1 amide bonds. The highest BCUT2D eigenvalue weighted by atomic mass is 16.5. The molecule has 0 saturated carbocycles. The van der Waals surface area contributed by atoms with Gasteiger partial charge in [0.25, 0.3) is 0 Å². The van der Waals surface area contributed by atoms with E-state index in [0.717, 1.165) is 12.5 Å². The molecule has 0 radical (unpaired) electrons. The zero-order chi connectivity index (χ0) is 9.68. The lowest BCUT2D eigenvalue weighted by atomic mass is 10.4.